The summed E-state index contributed by atoms with van der Waals surface area (Å²) in [6, 6.07) is 0. The molecule has 2 atom stereocenters. The zero-order valence-corrected chi connectivity index (χ0v) is 8.86. The smallest absolute Gasteiger partial charge is 0.331 e. The molecule has 1 saturated heterocycles. The van der Waals surface area contributed by atoms with Gasteiger partial charge in [0.2, 0.25) is 0 Å². The number of hydrogen-bond acceptors (Lipinski definition) is 3. The van der Waals surface area contributed by atoms with Crippen molar-refractivity contribution in [1.29, 1.82) is 0 Å². The summed E-state index contributed by atoms with van der Waals surface area (Å²) in [4.78, 5) is 22.1. The standard InChI is InChI=1S/C11H16O4/c1-3-4-8-5-6-9(11(14)15-8)7(2)10(12)13/h8-9H,2-6H2,1H3,(H,12,13)/t8-,9+/m1/s1. The summed E-state index contributed by atoms with van der Waals surface area (Å²) < 4.78 is 5.15. The summed E-state index contributed by atoms with van der Waals surface area (Å²) in [5, 5.41) is 8.71. The lowest BCUT2D eigenvalue weighted by Crippen LogP contribution is -2.33. The van der Waals surface area contributed by atoms with Gasteiger partial charge in [0.25, 0.3) is 0 Å². The van der Waals surface area contributed by atoms with Gasteiger partial charge in [-0.15, -0.1) is 0 Å². The number of cyclic esters (lactones) is 1. The number of rotatable bonds is 4. The van der Waals surface area contributed by atoms with Crippen LogP contribution in [0.15, 0.2) is 12.2 Å². The number of carboxylic acids is 1. The second kappa shape index (κ2) is 4.96. The number of aliphatic carboxylic acids is 1. The first-order chi connectivity index (χ1) is 7.06. The molecule has 0 unspecified atom stereocenters. The van der Waals surface area contributed by atoms with E-state index in [1.54, 1.807) is 0 Å². The van der Waals surface area contributed by atoms with Crippen LogP contribution in [0.3, 0.4) is 0 Å². The monoisotopic (exact) mass is 212 g/mol. The Bertz CT molecular complexity index is 282. The largest absolute Gasteiger partial charge is 0.478 e. The van der Waals surface area contributed by atoms with Crippen LogP contribution in [0.25, 0.3) is 0 Å². The topological polar surface area (TPSA) is 63.6 Å². The zero-order chi connectivity index (χ0) is 11.4. The second-order valence-corrected chi connectivity index (χ2v) is 3.81. The summed E-state index contributed by atoms with van der Waals surface area (Å²) in [5.74, 6) is -2.21. The number of hydrogen-bond donors (Lipinski definition) is 1. The normalized spacial score (nSPS) is 25.8. The van der Waals surface area contributed by atoms with Crippen molar-refractivity contribution in [2.24, 2.45) is 5.92 Å². The number of ether oxygens (including phenoxy) is 1. The first-order valence-electron chi connectivity index (χ1n) is 5.18. The predicted molar refractivity (Wildman–Crippen MR) is 54.3 cm³/mol. The highest BCUT2D eigenvalue weighted by Crippen LogP contribution is 2.27. The van der Waals surface area contributed by atoms with E-state index in [1.807, 2.05) is 6.92 Å². The number of carbonyl (C=O) groups is 2. The Morgan fingerprint density at radius 3 is 2.73 bits per heavy atom. The van der Waals surface area contributed by atoms with Crippen LogP contribution < -0.4 is 0 Å². The van der Waals surface area contributed by atoms with Gasteiger partial charge in [-0.3, -0.25) is 4.79 Å². The molecule has 0 radical (unpaired) electrons. The van der Waals surface area contributed by atoms with E-state index in [-0.39, 0.29) is 11.7 Å². The third-order valence-corrected chi connectivity index (χ3v) is 2.65. The first-order valence-corrected chi connectivity index (χ1v) is 5.18. The molecule has 0 aromatic rings. The molecule has 1 heterocycles. The highest BCUT2D eigenvalue weighted by molar-refractivity contribution is 5.93. The summed E-state index contributed by atoms with van der Waals surface area (Å²) in [7, 11) is 0. The highest BCUT2D eigenvalue weighted by Gasteiger charge is 2.33. The Balaban J connectivity index is 2.56. The minimum Gasteiger partial charge on any atom is -0.478 e. The lowest BCUT2D eigenvalue weighted by atomic mass is 9.90. The molecule has 0 aromatic heterocycles. The van der Waals surface area contributed by atoms with E-state index in [4.69, 9.17) is 9.84 Å². The molecule has 0 aromatic carbocycles. The van der Waals surface area contributed by atoms with Crippen LogP contribution in [-0.2, 0) is 14.3 Å². The van der Waals surface area contributed by atoms with Crippen molar-refractivity contribution in [2.45, 2.75) is 38.7 Å². The van der Waals surface area contributed by atoms with Crippen molar-refractivity contribution in [3.63, 3.8) is 0 Å². The maximum Gasteiger partial charge on any atom is 0.331 e. The maximum absolute atomic E-state index is 11.5. The van der Waals surface area contributed by atoms with Gasteiger partial charge in [0.15, 0.2) is 0 Å². The third kappa shape index (κ3) is 2.81. The summed E-state index contributed by atoms with van der Waals surface area (Å²) in [5.41, 5.74) is -0.0602. The fourth-order valence-electron chi connectivity index (χ4n) is 1.77. The SMILES string of the molecule is C=C(C(=O)O)[C@@H]1CC[C@@H](CCC)OC1=O. The van der Waals surface area contributed by atoms with Crippen molar-refractivity contribution in [2.75, 3.05) is 0 Å². The molecule has 0 saturated carbocycles. The molecular formula is C11H16O4. The molecule has 1 rings (SSSR count). The molecular weight excluding hydrogens is 196 g/mol. The molecule has 0 spiro atoms. The molecule has 84 valence electrons. The molecule has 1 aliphatic heterocycles. The van der Waals surface area contributed by atoms with E-state index in [0.717, 1.165) is 19.3 Å². The molecule has 1 N–H and O–H groups in total. The Kier molecular flexibility index (Phi) is 3.88. The molecule has 1 aliphatic rings. The molecule has 0 amide bonds. The van der Waals surface area contributed by atoms with Crippen LogP contribution in [0.4, 0.5) is 0 Å². The summed E-state index contributed by atoms with van der Waals surface area (Å²) >= 11 is 0. The molecule has 0 bridgehead atoms. The minimum absolute atomic E-state index is 0.0413. The lowest BCUT2D eigenvalue weighted by Gasteiger charge is -2.27. The summed E-state index contributed by atoms with van der Waals surface area (Å²) in [6.45, 7) is 5.42. The Morgan fingerprint density at radius 2 is 2.27 bits per heavy atom. The van der Waals surface area contributed by atoms with Gasteiger partial charge in [-0.25, -0.2) is 4.79 Å². The van der Waals surface area contributed by atoms with Gasteiger partial charge in [-0.05, 0) is 19.3 Å². The minimum atomic E-state index is -1.12. The van der Waals surface area contributed by atoms with Crippen molar-refractivity contribution in [3.8, 4) is 0 Å². The van der Waals surface area contributed by atoms with Crippen LogP contribution in [0, 0.1) is 5.92 Å². The van der Waals surface area contributed by atoms with Gasteiger partial charge in [-0.2, -0.15) is 0 Å². The van der Waals surface area contributed by atoms with Crippen LogP contribution in [0.5, 0.6) is 0 Å². The van der Waals surface area contributed by atoms with Crippen LogP contribution in [0.1, 0.15) is 32.6 Å². The van der Waals surface area contributed by atoms with Gasteiger partial charge < -0.3 is 9.84 Å². The molecule has 15 heavy (non-hydrogen) atoms. The van der Waals surface area contributed by atoms with Crippen molar-refractivity contribution < 1.29 is 19.4 Å². The summed E-state index contributed by atoms with van der Waals surface area (Å²) in [6.07, 6.45) is 3.03. The van der Waals surface area contributed by atoms with Crippen LogP contribution >= 0.6 is 0 Å². The number of carbonyl (C=O) groups excluding carboxylic acids is 1. The van der Waals surface area contributed by atoms with Gasteiger partial charge in [0, 0.05) is 5.57 Å². The van der Waals surface area contributed by atoms with E-state index < -0.39 is 17.9 Å². The fraction of sp³-hybridized carbons (Fsp3) is 0.636. The molecule has 1 fully saturated rings. The zero-order valence-electron chi connectivity index (χ0n) is 8.86. The van der Waals surface area contributed by atoms with E-state index in [9.17, 15) is 9.59 Å². The second-order valence-electron chi connectivity index (χ2n) is 3.81. The highest BCUT2D eigenvalue weighted by atomic mass is 16.5. The van der Waals surface area contributed by atoms with Gasteiger partial charge >= 0.3 is 11.9 Å². The average Bonchev–Trinajstić information content (AvgIpc) is 2.17. The van der Waals surface area contributed by atoms with Crippen LogP contribution in [0.2, 0.25) is 0 Å². The molecule has 4 heteroatoms. The average molecular weight is 212 g/mol. The third-order valence-electron chi connectivity index (χ3n) is 2.65. The van der Waals surface area contributed by atoms with Gasteiger partial charge in [0.1, 0.15) is 6.10 Å². The van der Waals surface area contributed by atoms with E-state index in [2.05, 4.69) is 6.58 Å². The van der Waals surface area contributed by atoms with Gasteiger partial charge in [0.05, 0.1) is 5.92 Å². The van der Waals surface area contributed by atoms with Crippen LogP contribution in [-0.4, -0.2) is 23.1 Å². The van der Waals surface area contributed by atoms with E-state index in [1.165, 1.54) is 0 Å². The van der Waals surface area contributed by atoms with Crippen molar-refractivity contribution >= 4 is 11.9 Å². The molecule has 4 nitrogen and oxygen atoms in total. The first kappa shape index (κ1) is 11.8. The quantitative estimate of drug-likeness (QED) is 0.569. The maximum atomic E-state index is 11.5. The van der Waals surface area contributed by atoms with Crippen molar-refractivity contribution in [1.82, 2.24) is 0 Å². The predicted octanol–water partition coefficient (Wildman–Crippen LogP) is 1.75. The Hall–Kier alpha value is -1.32. The number of carboxylic acid groups (broad SMARTS) is 1. The van der Waals surface area contributed by atoms with E-state index >= 15 is 0 Å². The van der Waals surface area contributed by atoms with Gasteiger partial charge in [-0.1, -0.05) is 19.9 Å². The van der Waals surface area contributed by atoms with E-state index in [0.29, 0.717) is 6.42 Å². The fourth-order valence-corrected chi connectivity index (χ4v) is 1.77. The molecule has 0 aliphatic carbocycles. The Labute approximate surface area is 88.9 Å². The number of esters is 1. The lowest BCUT2D eigenvalue weighted by molar-refractivity contribution is -0.160. The van der Waals surface area contributed by atoms with Crippen molar-refractivity contribution in [3.05, 3.63) is 12.2 Å². The Morgan fingerprint density at radius 1 is 1.60 bits per heavy atom.